The monoisotopic (exact) mass is 275 g/mol. The van der Waals surface area contributed by atoms with Gasteiger partial charge in [-0.15, -0.1) is 0 Å². The average Bonchev–Trinajstić information content (AvgIpc) is 2.87. The smallest absolute Gasteiger partial charge is 0.118 e. The molecule has 0 aliphatic carbocycles. The first kappa shape index (κ1) is 14.2. The zero-order valence-electron chi connectivity index (χ0n) is 11.6. The molecule has 0 radical (unpaired) electrons. The van der Waals surface area contributed by atoms with E-state index >= 15 is 0 Å². The normalized spacial score (nSPS) is 10.8. The van der Waals surface area contributed by atoms with Gasteiger partial charge in [-0.2, -0.15) is 11.8 Å². The third-order valence-electron chi connectivity index (χ3n) is 3.12. The van der Waals surface area contributed by atoms with Gasteiger partial charge < -0.3 is 9.73 Å². The van der Waals surface area contributed by atoms with Crippen LogP contribution in [-0.4, -0.2) is 6.26 Å². The molecule has 0 spiro atoms. The Balaban J connectivity index is 1.85. The Morgan fingerprint density at radius 2 is 1.74 bits per heavy atom. The molecule has 0 fully saturated rings. The number of rotatable bonds is 7. The molecule has 1 aromatic carbocycles. The minimum atomic E-state index is 0.784. The van der Waals surface area contributed by atoms with Crippen LogP contribution in [0.15, 0.2) is 40.8 Å². The Morgan fingerprint density at radius 1 is 1.00 bits per heavy atom. The van der Waals surface area contributed by atoms with Gasteiger partial charge in [0, 0.05) is 6.54 Å². The molecule has 1 N–H and O–H groups in total. The van der Waals surface area contributed by atoms with Gasteiger partial charge in [-0.1, -0.05) is 31.2 Å². The van der Waals surface area contributed by atoms with Crippen molar-refractivity contribution >= 4 is 11.8 Å². The van der Waals surface area contributed by atoms with Crippen molar-refractivity contribution in [3.63, 3.8) is 0 Å². The van der Waals surface area contributed by atoms with E-state index in [2.05, 4.69) is 54.9 Å². The van der Waals surface area contributed by atoms with Crippen molar-refractivity contribution in [2.75, 3.05) is 6.26 Å². The van der Waals surface area contributed by atoms with Gasteiger partial charge in [0.1, 0.15) is 11.5 Å². The molecule has 2 rings (SSSR count). The van der Waals surface area contributed by atoms with Crippen LogP contribution in [0.25, 0.3) is 0 Å². The van der Waals surface area contributed by atoms with Crippen LogP contribution in [0.1, 0.15) is 29.6 Å². The molecule has 19 heavy (non-hydrogen) atoms. The standard InChI is InChI=1S/C16H21NOS/c1-3-13-6-4-5-7-14(13)10-17-11-15-8-9-16(18-15)12-19-2/h4-9,17H,3,10-12H2,1-2H3. The first-order valence-corrected chi connectivity index (χ1v) is 8.07. The summed E-state index contributed by atoms with van der Waals surface area (Å²) in [5.41, 5.74) is 2.79. The number of thioether (sulfide) groups is 1. The predicted octanol–water partition coefficient (Wildman–Crippen LogP) is 3.99. The van der Waals surface area contributed by atoms with E-state index in [0.29, 0.717) is 0 Å². The van der Waals surface area contributed by atoms with Crippen LogP contribution in [0.3, 0.4) is 0 Å². The van der Waals surface area contributed by atoms with E-state index in [0.717, 1.165) is 36.8 Å². The quantitative estimate of drug-likeness (QED) is 0.827. The van der Waals surface area contributed by atoms with Crippen LogP contribution < -0.4 is 5.32 Å². The van der Waals surface area contributed by atoms with Crippen molar-refractivity contribution in [3.8, 4) is 0 Å². The third-order valence-corrected chi connectivity index (χ3v) is 3.69. The van der Waals surface area contributed by atoms with Crippen molar-refractivity contribution in [2.45, 2.75) is 32.2 Å². The minimum Gasteiger partial charge on any atom is -0.464 e. The molecule has 0 bridgehead atoms. The van der Waals surface area contributed by atoms with Gasteiger partial charge in [0.05, 0.1) is 12.3 Å². The Labute approximate surface area is 119 Å². The number of benzene rings is 1. The number of furan rings is 1. The lowest BCUT2D eigenvalue weighted by atomic mass is 10.1. The molecule has 0 amide bonds. The van der Waals surface area contributed by atoms with E-state index in [1.807, 2.05) is 0 Å². The van der Waals surface area contributed by atoms with E-state index in [-0.39, 0.29) is 0 Å². The summed E-state index contributed by atoms with van der Waals surface area (Å²) in [4.78, 5) is 0. The van der Waals surface area contributed by atoms with Gasteiger partial charge in [0.15, 0.2) is 0 Å². The van der Waals surface area contributed by atoms with Crippen LogP contribution in [0.4, 0.5) is 0 Å². The van der Waals surface area contributed by atoms with E-state index in [9.17, 15) is 0 Å². The Bertz CT molecular complexity index is 507. The summed E-state index contributed by atoms with van der Waals surface area (Å²) < 4.78 is 5.74. The van der Waals surface area contributed by atoms with Crippen LogP contribution in [-0.2, 0) is 25.3 Å². The van der Waals surface area contributed by atoms with Crippen LogP contribution in [0.5, 0.6) is 0 Å². The van der Waals surface area contributed by atoms with Crippen LogP contribution in [0, 0.1) is 0 Å². The topological polar surface area (TPSA) is 25.2 Å². The highest BCUT2D eigenvalue weighted by Gasteiger charge is 2.03. The summed E-state index contributed by atoms with van der Waals surface area (Å²) in [5.74, 6) is 3.01. The van der Waals surface area contributed by atoms with Gasteiger partial charge in [0.25, 0.3) is 0 Å². The first-order chi connectivity index (χ1) is 9.33. The maximum atomic E-state index is 5.74. The van der Waals surface area contributed by atoms with E-state index in [1.54, 1.807) is 11.8 Å². The second-order valence-corrected chi connectivity index (χ2v) is 5.39. The Morgan fingerprint density at radius 3 is 2.47 bits per heavy atom. The fourth-order valence-electron chi connectivity index (χ4n) is 2.13. The molecule has 1 aromatic heterocycles. The van der Waals surface area contributed by atoms with Crippen LogP contribution in [0.2, 0.25) is 0 Å². The zero-order valence-corrected chi connectivity index (χ0v) is 12.4. The largest absolute Gasteiger partial charge is 0.464 e. The molecular formula is C16H21NOS. The summed E-state index contributed by atoms with van der Waals surface area (Å²) in [7, 11) is 0. The van der Waals surface area contributed by atoms with Crippen molar-refractivity contribution < 1.29 is 4.42 Å². The lowest BCUT2D eigenvalue weighted by Crippen LogP contribution is -2.13. The van der Waals surface area contributed by atoms with Gasteiger partial charge >= 0.3 is 0 Å². The zero-order chi connectivity index (χ0) is 13.5. The Hall–Kier alpha value is -1.19. The highest BCUT2D eigenvalue weighted by atomic mass is 32.2. The van der Waals surface area contributed by atoms with Crippen molar-refractivity contribution in [1.29, 1.82) is 0 Å². The fourth-order valence-corrected chi connectivity index (χ4v) is 2.57. The van der Waals surface area contributed by atoms with Gasteiger partial charge in [-0.25, -0.2) is 0 Å². The molecule has 0 saturated heterocycles. The molecule has 0 aliphatic rings. The van der Waals surface area contributed by atoms with Crippen LogP contribution >= 0.6 is 11.8 Å². The minimum absolute atomic E-state index is 0.784. The summed E-state index contributed by atoms with van der Waals surface area (Å²) in [6.07, 6.45) is 3.17. The molecule has 0 unspecified atom stereocenters. The maximum Gasteiger partial charge on any atom is 0.118 e. The average molecular weight is 275 g/mol. The molecule has 0 saturated carbocycles. The molecule has 0 atom stereocenters. The molecule has 1 heterocycles. The second kappa shape index (κ2) is 7.41. The molecule has 102 valence electrons. The number of aryl methyl sites for hydroxylation is 1. The summed E-state index contributed by atoms with van der Waals surface area (Å²) in [5, 5.41) is 3.45. The van der Waals surface area contributed by atoms with Gasteiger partial charge in [0.2, 0.25) is 0 Å². The molecule has 2 nitrogen and oxygen atoms in total. The number of nitrogens with one attached hydrogen (secondary N) is 1. The predicted molar refractivity (Wildman–Crippen MR) is 82.3 cm³/mol. The summed E-state index contributed by atoms with van der Waals surface area (Å²) in [6, 6.07) is 12.7. The molecule has 3 heteroatoms. The Kier molecular flexibility index (Phi) is 5.55. The SMILES string of the molecule is CCc1ccccc1CNCc1ccc(CSC)o1. The van der Waals surface area contributed by atoms with E-state index < -0.39 is 0 Å². The van der Waals surface area contributed by atoms with Gasteiger partial charge in [-0.3, -0.25) is 0 Å². The maximum absolute atomic E-state index is 5.74. The van der Waals surface area contributed by atoms with E-state index in [4.69, 9.17) is 4.42 Å². The lowest BCUT2D eigenvalue weighted by molar-refractivity contribution is 0.459. The number of hydrogen-bond acceptors (Lipinski definition) is 3. The summed E-state index contributed by atoms with van der Waals surface area (Å²) >= 11 is 1.78. The molecule has 0 aliphatic heterocycles. The van der Waals surface area contributed by atoms with Crippen molar-refractivity contribution in [2.24, 2.45) is 0 Å². The molecular weight excluding hydrogens is 254 g/mol. The van der Waals surface area contributed by atoms with Gasteiger partial charge in [-0.05, 0) is 35.9 Å². The molecule has 2 aromatic rings. The number of hydrogen-bond donors (Lipinski definition) is 1. The first-order valence-electron chi connectivity index (χ1n) is 6.67. The summed E-state index contributed by atoms with van der Waals surface area (Å²) in [6.45, 7) is 3.87. The van der Waals surface area contributed by atoms with Crippen molar-refractivity contribution in [1.82, 2.24) is 5.32 Å². The van der Waals surface area contributed by atoms with Crippen molar-refractivity contribution in [3.05, 3.63) is 59.0 Å². The third kappa shape index (κ3) is 4.15. The highest BCUT2D eigenvalue weighted by molar-refractivity contribution is 7.97. The second-order valence-electron chi connectivity index (χ2n) is 4.53. The van der Waals surface area contributed by atoms with E-state index in [1.165, 1.54) is 11.1 Å². The highest BCUT2D eigenvalue weighted by Crippen LogP contribution is 2.14. The lowest BCUT2D eigenvalue weighted by Gasteiger charge is -2.08. The fraction of sp³-hybridized carbons (Fsp3) is 0.375.